The number of rotatable bonds is 7. The minimum absolute atomic E-state index is 0.00640. The molecule has 2 aromatic carbocycles. The second kappa shape index (κ2) is 8.81. The lowest BCUT2D eigenvalue weighted by atomic mass is 10.2. The first-order valence-electron chi connectivity index (χ1n) is 9.22. The van der Waals surface area contributed by atoms with Crippen molar-refractivity contribution in [2.75, 3.05) is 17.2 Å². The molecule has 30 heavy (non-hydrogen) atoms. The summed E-state index contributed by atoms with van der Waals surface area (Å²) < 4.78 is 18.8. The van der Waals surface area contributed by atoms with E-state index in [-0.39, 0.29) is 29.4 Å². The topological polar surface area (TPSA) is 80.3 Å². The fourth-order valence-corrected chi connectivity index (χ4v) is 3.59. The summed E-state index contributed by atoms with van der Waals surface area (Å²) in [5, 5.41) is 7.65. The summed E-state index contributed by atoms with van der Waals surface area (Å²) in [6, 6.07) is 11.2. The summed E-state index contributed by atoms with van der Waals surface area (Å²) in [5.41, 5.74) is 1.86. The second-order valence-electron chi connectivity index (χ2n) is 6.79. The fourth-order valence-electron chi connectivity index (χ4n) is 2.68. The molecule has 0 aliphatic heterocycles. The number of thiazole rings is 1. The average Bonchev–Trinajstić information content (AvgIpc) is 3.49. The molecule has 0 unspecified atom stereocenters. The highest BCUT2D eigenvalue weighted by molar-refractivity contribution is 7.14. The van der Waals surface area contributed by atoms with Crippen LogP contribution in [0.1, 0.15) is 12.8 Å². The van der Waals surface area contributed by atoms with Gasteiger partial charge in [0, 0.05) is 28.6 Å². The van der Waals surface area contributed by atoms with Crippen LogP contribution in [-0.2, 0) is 9.59 Å². The number of hydrogen-bond donors (Lipinski definition) is 2. The molecule has 4 rings (SSSR count). The van der Waals surface area contributed by atoms with Crippen molar-refractivity contribution in [2.24, 2.45) is 5.92 Å². The molecule has 3 aromatic rings. The zero-order chi connectivity index (χ0) is 21.1. The van der Waals surface area contributed by atoms with Crippen molar-refractivity contribution < 1.29 is 18.7 Å². The van der Waals surface area contributed by atoms with Crippen LogP contribution in [0.3, 0.4) is 0 Å². The molecule has 0 saturated heterocycles. The number of carbonyl (C=O) groups excluding carboxylic acids is 2. The Morgan fingerprint density at radius 2 is 2.03 bits per heavy atom. The van der Waals surface area contributed by atoms with Gasteiger partial charge in [-0.1, -0.05) is 17.7 Å². The molecule has 2 N–H and O–H groups in total. The lowest BCUT2D eigenvalue weighted by Gasteiger charge is -2.09. The minimum atomic E-state index is -0.502. The van der Waals surface area contributed by atoms with Gasteiger partial charge in [-0.15, -0.1) is 11.3 Å². The number of ether oxygens (including phenoxy) is 1. The lowest BCUT2D eigenvalue weighted by Crippen LogP contribution is -2.20. The van der Waals surface area contributed by atoms with E-state index in [0.29, 0.717) is 27.8 Å². The molecule has 0 bridgehead atoms. The Kier molecular flexibility index (Phi) is 5.96. The van der Waals surface area contributed by atoms with Gasteiger partial charge in [0.1, 0.15) is 11.6 Å². The molecular formula is C21H17ClFN3O3S. The van der Waals surface area contributed by atoms with Crippen LogP contribution in [0.25, 0.3) is 11.3 Å². The number of hydrogen-bond acceptors (Lipinski definition) is 5. The minimum Gasteiger partial charge on any atom is -0.484 e. The zero-order valence-electron chi connectivity index (χ0n) is 15.7. The van der Waals surface area contributed by atoms with Crippen LogP contribution in [0.15, 0.2) is 47.8 Å². The van der Waals surface area contributed by atoms with E-state index >= 15 is 0 Å². The molecule has 0 spiro atoms. The highest BCUT2D eigenvalue weighted by Crippen LogP contribution is 2.31. The van der Waals surface area contributed by atoms with Crippen molar-refractivity contribution in [1.29, 1.82) is 0 Å². The number of nitrogens with one attached hydrogen (secondary N) is 2. The van der Waals surface area contributed by atoms with Crippen molar-refractivity contribution in [3.05, 3.63) is 58.7 Å². The maximum absolute atomic E-state index is 13.3. The molecule has 1 heterocycles. The first-order chi connectivity index (χ1) is 14.5. The van der Waals surface area contributed by atoms with Crippen LogP contribution in [0, 0.1) is 11.7 Å². The summed E-state index contributed by atoms with van der Waals surface area (Å²) in [6.45, 7) is -0.211. The van der Waals surface area contributed by atoms with E-state index < -0.39 is 5.82 Å². The molecule has 1 saturated carbocycles. The highest BCUT2D eigenvalue weighted by atomic mass is 35.5. The molecule has 6 nitrogen and oxygen atoms in total. The van der Waals surface area contributed by atoms with Crippen molar-refractivity contribution in [2.45, 2.75) is 12.8 Å². The first-order valence-corrected chi connectivity index (χ1v) is 10.5. The van der Waals surface area contributed by atoms with Crippen LogP contribution in [-0.4, -0.2) is 23.4 Å². The molecular weight excluding hydrogens is 429 g/mol. The maximum Gasteiger partial charge on any atom is 0.264 e. The molecule has 1 aromatic heterocycles. The van der Waals surface area contributed by atoms with Gasteiger partial charge in [-0.25, -0.2) is 9.37 Å². The third-order valence-corrected chi connectivity index (χ3v) is 5.43. The van der Waals surface area contributed by atoms with E-state index in [1.165, 1.54) is 23.5 Å². The smallest absolute Gasteiger partial charge is 0.264 e. The molecule has 0 radical (unpaired) electrons. The third kappa shape index (κ3) is 5.14. The normalized spacial score (nSPS) is 13.0. The van der Waals surface area contributed by atoms with Crippen molar-refractivity contribution in [3.63, 3.8) is 0 Å². The van der Waals surface area contributed by atoms with Gasteiger partial charge in [0.15, 0.2) is 11.7 Å². The van der Waals surface area contributed by atoms with E-state index in [2.05, 4.69) is 15.6 Å². The summed E-state index contributed by atoms with van der Waals surface area (Å²) in [7, 11) is 0. The Morgan fingerprint density at radius 3 is 2.80 bits per heavy atom. The van der Waals surface area contributed by atoms with Crippen LogP contribution >= 0.6 is 22.9 Å². The van der Waals surface area contributed by atoms with Gasteiger partial charge in [0.05, 0.1) is 10.7 Å². The number of anilines is 2. The summed E-state index contributed by atoms with van der Waals surface area (Å²) >= 11 is 7.04. The van der Waals surface area contributed by atoms with Gasteiger partial charge in [0.2, 0.25) is 5.91 Å². The zero-order valence-corrected chi connectivity index (χ0v) is 17.2. The Labute approximate surface area is 181 Å². The van der Waals surface area contributed by atoms with Gasteiger partial charge in [-0.2, -0.15) is 0 Å². The Hall–Kier alpha value is -2.97. The van der Waals surface area contributed by atoms with Gasteiger partial charge >= 0.3 is 0 Å². The Morgan fingerprint density at radius 1 is 1.20 bits per heavy atom. The predicted molar refractivity (Wildman–Crippen MR) is 114 cm³/mol. The van der Waals surface area contributed by atoms with Crippen molar-refractivity contribution in [3.8, 4) is 17.0 Å². The molecule has 9 heteroatoms. The summed E-state index contributed by atoms with van der Waals surface area (Å²) in [5.74, 6) is -0.293. The van der Waals surface area contributed by atoms with E-state index in [0.717, 1.165) is 12.8 Å². The molecule has 154 valence electrons. The van der Waals surface area contributed by atoms with Crippen LogP contribution < -0.4 is 15.4 Å². The number of nitrogens with zero attached hydrogens (tertiary/aromatic N) is 1. The largest absolute Gasteiger partial charge is 0.484 e. The Bertz CT molecular complexity index is 1100. The summed E-state index contributed by atoms with van der Waals surface area (Å²) in [4.78, 5) is 28.3. The SMILES string of the molecule is O=C(COc1cccc(NC(=O)C2CC2)c1)Nc1nc(-c2ccc(F)c(Cl)c2)cs1. The van der Waals surface area contributed by atoms with Crippen molar-refractivity contribution >= 4 is 45.6 Å². The van der Waals surface area contributed by atoms with E-state index in [4.69, 9.17) is 16.3 Å². The number of halogens is 2. The van der Waals surface area contributed by atoms with Gasteiger partial charge in [0.25, 0.3) is 5.91 Å². The number of benzene rings is 2. The van der Waals surface area contributed by atoms with E-state index in [1.54, 1.807) is 35.7 Å². The van der Waals surface area contributed by atoms with Gasteiger partial charge < -0.3 is 10.1 Å². The molecule has 1 fully saturated rings. The lowest BCUT2D eigenvalue weighted by molar-refractivity contribution is -0.118. The average molecular weight is 446 g/mol. The van der Waals surface area contributed by atoms with E-state index in [1.807, 2.05) is 0 Å². The van der Waals surface area contributed by atoms with E-state index in [9.17, 15) is 14.0 Å². The number of carbonyl (C=O) groups is 2. The third-order valence-electron chi connectivity index (χ3n) is 4.39. The monoisotopic (exact) mass is 445 g/mol. The number of aromatic nitrogens is 1. The molecule has 2 amide bonds. The molecule has 1 aliphatic rings. The quantitative estimate of drug-likeness (QED) is 0.538. The van der Waals surface area contributed by atoms with Gasteiger partial charge in [-0.3, -0.25) is 14.9 Å². The summed E-state index contributed by atoms with van der Waals surface area (Å²) in [6.07, 6.45) is 1.85. The highest BCUT2D eigenvalue weighted by Gasteiger charge is 2.29. The number of amides is 2. The maximum atomic E-state index is 13.3. The standard InChI is InChI=1S/C21H17ClFN3O3S/c22-16-8-13(6-7-17(16)23)18-11-30-21(25-18)26-19(27)10-29-15-3-1-2-14(9-15)24-20(28)12-4-5-12/h1-3,6-9,11-12H,4-5,10H2,(H,24,28)(H,25,26,27). The Balaban J connectivity index is 1.31. The van der Waals surface area contributed by atoms with Gasteiger partial charge in [-0.05, 0) is 43.2 Å². The first kappa shape index (κ1) is 20.3. The van der Waals surface area contributed by atoms with Crippen LogP contribution in [0.2, 0.25) is 5.02 Å². The van der Waals surface area contributed by atoms with Crippen LogP contribution in [0.4, 0.5) is 15.2 Å². The molecule has 1 aliphatic carbocycles. The predicted octanol–water partition coefficient (Wildman–Crippen LogP) is 4.97. The molecule has 0 atom stereocenters. The van der Waals surface area contributed by atoms with Crippen molar-refractivity contribution in [1.82, 2.24) is 4.98 Å². The fraction of sp³-hybridized carbons (Fsp3) is 0.190. The van der Waals surface area contributed by atoms with Crippen LogP contribution in [0.5, 0.6) is 5.75 Å². The second-order valence-corrected chi connectivity index (χ2v) is 8.06.